The van der Waals surface area contributed by atoms with E-state index >= 15 is 0 Å². The summed E-state index contributed by atoms with van der Waals surface area (Å²) < 4.78 is 0. The van der Waals surface area contributed by atoms with E-state index < -0.39 is 0 Å². The minimum absolute atomic E-state index is 0.0539. The number of hydrogen-bond donors (Lipinski definition) is 1. The lowest BCUT2D eigenvalue weighted by Crippen LogP contribution is -2.29. The number of carbonyl (C=O) groups is 1. The smallest absolute Gasteiger partial charge is 0.261 e. The van der Waals surface area contributed by atoms with Crippen molar-refractivity contribution in [2.45, 2.75) is 24.6 Å². The van der Waals surface area contributed by atoms with E-state index in [1.807, 2.05) is 19.1 Å². The van der Waals surface area contributed by atoms with Crippen LogP contribution in [0.2, 0.25) is 0 Å². The molecule has 0 saturated heterocycles. The first kappa shape index (κ1) is 11.1. The topological polar surface area (TPSA) is 29.1 Å². The molecular formula is C11H14BrNOS. The first-order valence-electron chi connectivity index (χ1n) is 5.15. The van der Waals surface area contributed by atoms with Gasteiger partial charge in [-0.25, -0.2) is 0 Å². The third-order valence-electron chi connectivity index (χ3n) is 2.56. The van der Waals surface area contributed by atoms with Crippen molar-refractivity contribution in [3.63, 3.8) is 0 Å². The Bertz CT molecular complexity index is 359. The lowest BCUT2D eigenvalue weighted by molar-refractivity contribution is 0.0957. The Morgan fingerprint density at radius 1 is 1.67 bits per heavy atom. The van der Waals surface area contributed by atoms with Gasteiger partial charge in [0.25, 0.3) is 5.91 Å². The number of alkyl halides is 1. The molecule has 1 aromatic rings. The molecular weight excluding hydrogens is 274 g/mol. The Kier molecular flexibility index (Phi) is 3.46. The molecule has 1 aromatic heterocycles. The van der Waals surface area contributed by atoms with Gasteiger partial charge in [0, 0.05) is 16.2 Å². The van der Waals surface area contributed by atoms with Crippen molar-refractivity contribution in [1.29, 1.82) is 0 Å². The number of aryl methyl sites for hydroxylation is 1. The van der Waals surface area contributed by atoms with Gasteiger partial charge < -0.3 is 5.32 Å². The highest BCUT2D eigenvalue weighted by molar-refractivity contribution is 9.09. The molecule has 1 unspecified atom stereocenters. The van der Waals surface area contributed by atoms with Gasteiger partial charge in [-0.2, -0.15) is 0 Å². The van der Waals surface area contributed by atoms with Crippen LogP contribution in [0.5, 0.6) is 0 Å². The van der Waals surface area contributed by atoms with Crippen molar-refractivity contribution in [2.24, 2.45) is 5.92 Å². The van der Waals surface area contributed by atoms with Crippen molar-refractivity contribution >= 4 is 33.2 Å². The Hall–Kier alpha value is -0.350. The van der Waals surface area contributed by atoms with Gasteiger partial charge in [0.1, 0.15) is 0 Å². The number of nitrogens with one attached hydrogen (secondary N) is 1. The summed E-state index contributed by atoms with van der Waals surface area (Å²) in [4.78, 5) is 14.1. The zero-order valence-corrected chi connectivity index (χ0v) is 11.0. The number of hydrogen-bond acceptors (Lipinski definition) is 2. The van der Waals surface area contributed by atoms with Gasteiger partial charge >= 0.3 is 0 Å². The standard InChI is InChI=1S/C11H14BrNOS/c1-7-2-5-10(15-7)11(14)13-6-9(12)8-3-4-8/h2,5,8-9H,3-4,6H2,1H3,(H,13,14). The van der Waals surface area contributed by atoms with Crippen molar-refractivity contribution in [3.05, 3.63) is 21.9 Å². The van der Waals surface area contributed by atoms with Gasteiger partial charge in [-0.3, -0.25) is 4.79 Å². The Morgan fingerprint density at radius 2 is 2.40 bits per heavy atom. The third-order valence-corrected chi connectivity index (χ3v) is 4.63. The second-order valence-electron chi connectivity index (χ2n) is 3.97. The molecule has 0 aromatic carbocycles. The SMILES string of the molecule is Cc1ccc(C(=O)NCC(Br)C2CC2)s1. The van der Waals surface area contributed by atoms with Crippen molar-refractivity contribution < 1.29 is 4.79 Å². The van der Waals surface area contributed by atoms with E-state index in [4.69, 9.17) is 0 Å². The number of carbonyl (C=O) groups excluding carboxylic acids is 1. The van der Waals surface area contributed by atoms with Gasteiger partial charge in [0.15, 0.2) is 0 Å². The van der Waals surface area contributed by atoms with E-state index in [-0.39, 0.29) is 5.91 Å². The molecule has 1 aliphatic carbocycles. The fraction of sp³-hybridized carbons (Fsp3) is 0.545. The minimum Gasteiger partial charge on any atom is -0.350 e. The van der Waals surface area contributed by atoms with Gasteiger partial charge in [-0.1, -0.05) is 15.9 Å². The summed E-state index contributed by atoms with van der Waals surface area (Å²) >= 11 is 5.14. The highest BCUT2D eigenvalue weighted by Crippen LogP contribution is 2.36. The average molecular weight is 288 g/mol. The molecule has 1 aliphatic rings. The molecule has 1 saturated carbocycles. The molecule has 2 rings (SSSR count). The van der Waals surface area contributed by atoms with E-state index in [0.29, 0.717) is 4.83 Å². The second-order valence-corrected chi connectivity index (χ2v) is 6.44. The lowest BCUT2D eigenvalue weighted by atomic mass is 10.3. The summed E-state index contributed by atoms with van der Waals surface area (Å²) in [6.07, 6.45) is 2.59. The predicted molar refractivity (Wildman–Crippen MR) is 66.8 cm³/mol. The summed E-state index contributed by atoms with van der Waals surface area (Å²) in [5, 5.41) is 2.96. The maximum absolute atomic E-state index is 11.7. The number of rotatable bonds is 4. The van der Waals surface area contributed by atoms with E-state index in [9.17, 15) is 4.79 Å². The third kappa shape index (κ3) is 3.05. The van der Waals surface area contributed by atoms with Crippen LogP contribution in [0.1, 0.15) is 27.4 Å². The van der Waals surface area contributed by atoms with Crippen LogP contribution in [0, 0.1) is 12.8 Å². The lowest BCUT2D eigenvalue weighted by Gasteiger charge is -2.08. The molecule has 0 radical (unpaired) electrons. The predicted octanol–water partition coefficient (Wildman–Crippen LogP) is 2.96. The zero-order valence-electron chi connectivity index (χ0n) is 8.63. The second kappa shape index (κ2) is 4.66. The molecule has 4 heteroatoms. The molecule has 1 fully saturated rings. The fourth-order valence-corrected chi connectivity index (χ4v) is 2.93. The van der Waals surface area contributed by atoms with Gasteiger partial charge in [0.05, 0.1) is 4.88 Å². The van der Waals surface area contributed by atoms with Crippen molar-refractivity contribution in [1.82, 2.24) is 5.32 Å². The molecule has 2 nitrogen and oxygen atoms in total. The molecule has 15 heavy (non-hydrogen) atoms. The monoisotopic (exact) mass is 287 g/mol. The van der Waals surface area contributed by atoms with Crippen LogP contribution in [0.4, 0.5) is 0 Å². The molecule has 1 heterocycles. The quantitative estimate of drug-likeness (QED) is 0.848. The van der Waals surface area contributed by atoms with Gasteiger partial charge in [0.2, 0.25) is 0 Å². The van der Waals surface area contributed by atoms with Crippen LogP contribution < -0.4 is 5.32 Å². The highest BCUT2D eigenvalue weighted by Gasteiger charge is 2.29. The van der Waals surface area contributed by atoms with Crippen molar-refractivity contribution in [3.8, 4) is 0 Å². The fourth-order valence-electron chi connectivity index (χ4n) is 1.46. The Labute approximate surface area is 102 Å². The first-order valence-corrected chi connectivity index (χ1v) is 6.89. The molecule has 0 aliphatic heterocycles. The Morgan fingerprint density at radius 3 is 2.93 bits per heavy atom. The molecule has 1 N–H and O–H groups in total. The van der Waals surface area contributed by atoms with E-state index in [0.717, 1.165) is 17.3 Å². The van der Waals surface area contributed by atoms with Crippen LogP contribution in [0.25, 0.3) is 0 Å². The molecule has 0 bridgehead atoms. The maximum Gasteiger partial charge on any atom is 0.261 e. The summed E-state index contributed by atoms with van der Waals surface area (Å²) in [5.41, 5.74) is 0. The summed E-state index contributed by atoms with van der Waals surface area (Å²) in [6, 6.07) is 3.86. The summed E-state index contributed by atoms with van der Waals surface area (Å²) in [6.45, 7) is 2.75. The van der Waals surface area contributed by atoms with E-state index in [1.165, 1.54) is 17.7 Å². The maximum atomic E-state index is 11.7. The van der Waals surface area contributed by atoms with E-state index in [2.05, 4.69) is 21.2 Å². The largest absolute Gasteiger partial charge is 0.350 e. The molecule has 82 valence electrons. The number of thiophene rings is 1. The van der Waals surface area contributed by atoms with Crippen LogP contribution in [0.15, 0.2) is 12.1 Å². The normalized spacial score (nSPS) is 17.5. The summed E-state index contributed by atoms with van der Waals surface area (Å²) in [7, 11) is 0. The van der Waals surface area contributed by atoms with Crippen LogP contribution in [-0.2, 0) is 0 Å². The average Bonchev–Trinajstić information content (AvgIpc) is 2.97. The van der Waals surface area contributed by atoms with Gasteiger partial charge in [-0.05, 0) is 37.8 Å². The minimum atomic E-state index is 0.0539. The molecule has 0 spiro atoms. The molecule has 1 amide bonds. The van der Waals surface area contributed by atoms with Crippen LogP contribution in [-0.4, -0.2) is 17.3 Å². The zero-order chi connectivity index (χ0) is 10.8. The highest BCUT2D eigenvalue weighted by atomic mass is 79.9. The van der Waals surface area contributed by atoms with Gasteiger partial charge in [-0.15, -0.1) is 11.3 Å². The summed E-state index contributed by atoms with van der Waals surface area (Å²) in [5.74, 6) is 0.827. The molecule has 1 atom stereocenters. The van der Waals surface area contributed by atoms with E-state index in [1.54, 1.807) is 11.3 Å². The number of halogens is 1. The van der Waals surface area contributed by atoms with Crippen LogP contribution in [0.3, 0.4) is 0 Å². The Balaban J connectivity index is 1.81. The number of amides is 1. The first-order chi connectivity index (χ1) is 7.16. The van der Waals surface area contributed by atoms with Crippen molar-refractivity contribution in [2.75, 3.05) is 6.54 Å². The van der Waals surface area contributed by atoms with Crippen LogP contribution >= 0.6 is 27.3 Å².